The molecule has 2 saturated heterocycles. The first-order valence-electron chi connectivity index (χ1n) is 8.79. The Morgan fingerprint density at radius 2 is 1.79 bits per heavy atom. The van der Waals surface area contributed by atoms with Gasteiger partial charge in [0.05, 0.1) is 24.4 Å². The van der Waals surface area contributed by atoms with E-state index in [9.17, 15) is 4.79 Å². The molecule has 2 unspecified atom stereocenters. The number of nitrogens with zero attached hydrogens (tertiary/aromatic N) is 4. The molecule has 1 amide bonds. The molecular formula is C17H28N4O3. The van der Waals surface area contributed by atoms with Gasteiger partial charge in [-0.25, -0.2) is 0 Å². The van der Waals surface area contributed by atoms with Crippen LogP contribution in [0.3, 0.4) is 0 Å². The molecule has 0 radical (unpaired) electrons. The lowest BCUT2D eigenvalue weighted by molar-refractivity contribution is -0.144. The van der Waals surface area contributed by atoms with Gasteiger partial charge < -0.3 is 14.2 Å². The third-order valence-corrected chi connectivity index (χ3v) is 4.66. The lowest BCUT2D eigenvalue weighted by atomic mass is 10.2. The number of aryl methyl sites for hydroxylation is 1. The van der Waals surface area contributed by atoms with Crippen molar-refractivity contribution in [2.24, 2.45) is 0 Å². The number of hydrogen-bond acceptors (Lipinski definition) is 6. The summed E-state index contributed by atoms with van der Waals surface area (Å²) in [5.74, 6) is 1.07. The van der Waals surface area contributed by atoms with Crippen molar-refractivity contribution in [3.8, 4) is 0 Å². The first kappa shape index (κ1) is 17.4. The molecule has 0 aromatic carbocycles. The number of ether oxygens (including phenoxy) is 1. The van der Waals surface area contributed by atoms with E-state index in [1.165, 1.54) is 0 Å². The molecule has 3 rings (SSSR count). The van der Waals surface area contributed by atoms with Crippen molar-refractivity contribution in [2.75, 3.05) is 45.8 Å². The second-order valence-corrected chi connectivity index (χ2v) is 7.04. The molecule has 0 spiro atoms. The van der Waals surface area contributed by atoms with E-state index in [0.717, 1.165) is 44.2 Å². The van der Waals surface area contributed by atoms with Crippen LogP contribution in [0.4, 0.5) is 0 Å². The van der Waals surface area contributed by atoms with E-state index in [4.69, 9.17) is 9.26 Å². The van der Waals surface area contributed by atoms with Gasteiger partial charge in [0.25, 0.3) is 0 Å². The van der Waals surface area contributed by atoms with Crippen molar-refractivity contribution in [2.45, 2.75) is 39.5 Å². The summed E-state index contributed by atoms with van der Waals surface area (Å²) < 4.78 is 10.8. The van der Waals surface area contributed by atoms with Gasteiger partial charge in [0.1, 0.15) is 5.76 Å². The number of piperazine rings is 1. The topological polar surface area (TPSA) is 62.0 Å². The Labute approximate surface area is 143 Å². The highest BCUT2D eigenvalue weighted by Crippen LogP contribution is 2.13. The number of carbonyl (C=O) groups is 1. The summed E-state index contributed by atoms with van der Waals surface area (Å²) in [5, 5.41) is 4.05. The van der Waals surface area contributed by atoms with E-state index in [0.29, 0.717) is 19.6 Å². The van der Waals surface area contributed by atoms with E-state index in [-0.39, 0.29) is 18.1 Å². The molecular weight excluding hydrogens is 308 g/mol. The molecule has 7 nitrogen and oxygen atoms in total. The average molecular weight is 336 g/mol. The number of morpholine rings is 1. The predicted octanol–water partition coefficient (Wildman–Crippen LogP) is 0.736. The highest BCUT2D eigenvalue weighted by atomic mass is 16.5. The minimum absolute atomic E-state index is 0.125. The van der Waals surface area contributed by atoms with Crippen molar-refractivity contribution in [1.29, 1.82) is 0 Å². The van der Waals surface area contributed by atoms with Gasteiger partial charge in [0.15, 0.2) is 0 Å². The summed E-state index contributed by atoms with van der Waals surface area (Å²) in [6.07, 6.45) is 0.251. The molecule has 2 aliphatic rings. The van der Waals surface area contributed by atoms with E-state index in [1.54, 1.807) is 0 Å². The smallest absolute Gasteiger partial charge is 0.236 e. The molecule has 2 fully saturated rings. The molecule has 1 aromatic heterocycles. The van der Waals surface area contributed by atoms with Gasteiger partial charge in [0.2, 0.25) is 5.91 Å². The number of aromatic nitrogens is 1. The Bertz CT molecular complexity index is 544. The highest BCUT2D eigenvalue weighted by molar-refractivity contribution is 5.78. The maximum absolute atomic E-state index is 12.5. The van der Waals surface area contributed by atoms with Crippen LogP contribution in [0.25, 0.3) is 0 Å². The standard InChI is InChI=1S/C17H28N4O3/c1-13-8-16(18-24-13)11-19-4-6-20(7-5-19)12-17(22)21-9-14(2)23-15(3)10-21/h8,14-15H,4-7,9-12H2,1-3H3. The molecule has 0 aliphatic carbocycles. The van der Waals surface area contributed by atoms with Crippen molar-refractivity contribution < 1.29 is 14.1 Å². The molecule has 2 atom stereocenters. The van der Waals surface area contributed by atoms with Gasteiger partial charge in [-0.3, -0.25) is 14.6 Å². The third kappa shape index (κ3) is 4.55. The van der Waals surface area contributed by atoms with Crippen molar-refractivity contribution in [1.82, 2.24) is 19.9 Å². The maximum atomic E-state index is 12.5. The monoisotopic (exact) mass is 336 g/mol. The quantitative estimate of drug-likeness (QED) is 0.808. The van der Waals surface area contributed by atoms with E-state index >= 15 is 0 Å². The lowest BCUT2D eigenvalue weighted by Gasteiger charge is -2.38. The zero-order valence-electron chi connectivity index (χ0n) is 14.9. The first-order valence-corrected chi connectivity index (χ1v) is 8.79. The van der Waals surface area contributed by atoms with Crippen LogP contribution in [0.1, 0.15) is 25.3 Å². The number of carbonyl (C=O) groups excluding carboxylic acids is 1. The van der Waals surface area contributed by atoms with Gasteiger partial charge in [-0.2, -0.15) is 0 Å². The van der Waals surface area contributed by atoms with Gasteiger partial charge in [-0.15, -0.1) is 0 Å². The second kappa shape index (κ2) is 7.63. The molecule has 24 heavy (non-hydrogen) atoms. The number of rotatable bonds is 4. The first-order chi connectivity index (χ1) is 11.5. The molecule has 1 aromatic rings. The summed E-state index contributed by atoms with van der Waals surface area (Å²) in [5.41, 5.74) is 0.980. The SMILES string of the molecule is Cc1cc(CN2CCN(CC(=O)N3CC(C)OC(C)C3)CC2)no1. The number of amides is 1. The molecule has 0 saturated carbocycles. The summed E-state index contributed by atoms with van der Waals surface area (Å²) in [6, 6.07) is 1.98. The van der Waals surface area contributed by atoms with Crippen molar-refractivity contribution >= 4 is 5.91 Å². The minimum Gasteiger partial charge on any atom is -0.372 e. The zero-order chi connectivity index (χ0) is 17.1. The van der Waals surface area contributed by atoms with Crippen LogP contribution in [-0.2, 0) is 16.1 Å². The van der Waals surface area contributed by atoms with Gasteiger partial charge in [-0.05, 0) is 20.8 Å². The Morgan fingerprint density at radius 3 is 2.38 bits per heavy atom. The maximum Gasteiger partial charge on any atom is 0.236 e. The van der Waals surface area contributed by atoms with Crippen LogP contribution >= 0.6 is 0 Å². The van der Waals surface area contributed by atoms with Crippen LogP contribution in [0.5, 0.6) is 0 Å². The third-order valence-electron chi connectivity index (χ3n) is 4.66. The average Bonchev–Trinajstić information content (AvgIpc) is 2.93. The van der Waals surface area contributed by atoms with Crippen LogP contribution in [0, 0.1) is 6.92 Å². The molecule has 134 valence electrons. The zero-order valence-corrected chi connectivity index (χ0v) is 14.9. The normalized spacial score (nSPS) is 26.7. The van der Waals surface area contributed by atoms with Crippen molar-refractivity contribution in [3.05, 3.63) is 17.5 Å². The summed E-state index contributed by atoms with van der Waals surface area (Å²) in [6.45, 7) is 12.4. The van der Waals surface area contributed by atoms with Gasteiger partial charge in [-0.1, -0.05) is 5.16 Å². The fourth-order valence-electron chi connectivity index (χ4n) is 3.50. The van der Waals surface area contributed by atoms with E-state index in [1.807, 2.05) is 31.7 Å². The minimum atomic E-state index is 0.125. The van der Waals surface area contributed by atoms with Crippen LogP contribution in [0.2, 0.25) is 0 Å². The van der Waals surface area contributed by atoms with Crippen LogP contribution in [-0.4, -0.2) is 83.8 Å². The van der Waals surface area contributed by atoms with Gasteiger partial charge in [0, 0.05) is 51.9 Å². The highest BCUT2D eigenvalue weighted by Gasteiger charge is 2.28. The fourth-order valence-corrected chi connectivity index (χ4v) is 3.50. The van der Waals surface area contributed by atoms with E-state index < -0.39 is 0 Å². The summed E-state index contributed by atoms with van der Waals surface area (Å²) in [7, 11) is 0. The van der Waals surface area contributed by atoms with E-state index in [2.05, 4.69) is 15.0 Å². The van der Waals surface area contributed by atoms with Crippen LogP contribution < -0.4 is 0 Å². The Morgan fingerprint density at radius 1 is 1.17 bits per heavy atom. The van der Waals surface area contributed by atoms with Gasteiger partial charge >= 0.3 is 0 Å². The van der Waals surface area contributed by atoms with Crippen molar-refractivity contribution in [3.63, 3.8) is 0 Å². The lowest BCUT2D eigenvalue weighted by Crippen LogP contribution is -2.53. The molecule has 0 bridgehead atoms. The number of hydrogen-bond donors (Lipinski definition) is 0. The molecule has 2 aliphatic heterocycles. The Balaban J connectivity index is 1.42. The fraction of sp³-hybridized carbons (Fsp3) is 0.765. The summed E-state index contributed by atoms with van der Waals surface area (Å²) >= 11 is 0. The molecule has 0 N–H and O–H groups in total. The molecule has 3 heterocycles. The Kier molecular flexibility index (Phi) is 5.53. The Hall–Kier alpha value is -1.44. The second-order valence-electron chi connectivity index (χ2n) is 7.04. The van der Waals surface area contributed by atoms with Crippen LogP contribution in [0.15, 0.2) is 10.6 Å². The molecule has 7 heteroatoms. The summed E-state index contributed by atoms with van der Waals surface area (Å²) in [4.78, 5) is 19.1. The largest absolute Gasteiger partial charge is 0.372 e. The predicted molar refractivity (Wildman–Crippen MR) is 89.5 cm³/mol.